The summed E-state index contributed by atoms with van der Waals surface area (Å²) in [5.41, 5.74) is 1.27. The number of hydrogen-bond acceptors (Lipinski definition) is 3. The number of fused-ring (bicyclic) bond motifs is 1. The van der Waals surface area contributed by atoms with E-state index in [2.05, 4.69) is 30.4 Å². The van der Waals surface area contributed by atoms with Gasteiger partial charge in [-0.1, -0.05) is 19.4 Å². The number of ether oxygens (including phenoxy) is 2. The van der Waals surface area contributed by atoms with Gasteiger partial charge in [-0.15, -0.1) is 0 Å². The third kappa shape index (κ3) is 3.23. The average Bonchev–Trinajstić information content (AvgIpc) is 2.50. The Morgan fingerprint density at radius 2 is 1.85 bits per heavy atom. The maximum absolute atomic E-state index is 5.44. The predicted octanol–water partition coefficient (Wildman–Crippen LogP) is 3.75. The van der Waals surface area contributed by atoms with Crippen LogP contribution in [0.2, 0.25) is 0 Å². The van der Waals surface area contributed by atoms with E-state index in [1.807, 2.05) is 12.1 Å². The topological polar surface area (TPSA) is 30.5 Å². The molecule has 2 aromatic rings. The van der Waals surface area contributed by atoms with Crippen molar-refractivity contribution in [1.82, 2.24) is 5.32 Å². The Bertz CT molecular complexity index is 566. The number of rotatable bonds is 7. The molecule has 2 aromatic carbocycles. The van der Waals surface area contributed by atoms with Crippen LogP contribution in [0.5, 0.6) is 11.5 Å². The van der Waals surface area contributed by atoms with Crippen molar-refractivity contribution >= 4 is 10.8 Å². The fourth-order valence-electron chi connectivity index (χ4n) is 2.34. The first-order valence-corrected chi connectivity index (χ1v) is 7.14. The van der Waals surface area contributed by atoms with Crippen molar-refractivity contribution in [1.29, 1.82) is 0 Å². The fourth-order valence-corrected chi connectivity index (χ4v) is 2.34. The van der Waals surface area contributed by atoms with Crippen LogP contribution in [0.15, 0.2) is 30.3 Å². The second-order valence-electron chi connectivity index (χ2n) is 4.87. The SMILES string of the molecule is CCCCNCc1ccc(OC)c2ccc(OC)cc12. The standard InChI is InChI=1S/C17H23NO2/c1-4-5-10-18-12-13-6-9-17(20-3)15-8-7-14(19-2)11-16(13)15/h6-9,11,18H,4-5,10,12H2,1-3H3. The van der Waals surface area contributed by atoms with E-state index in [-0.39, 0.29) is 0 Å². The fraction of sp³-hybridized carbons (Fsp3) is 0.412. The molecule has 0 amide bonds. The summed E-state index contributed by atoms with van der Waals surface area (Å²) in [5.74, 6) is 1.78. The molecule has 0 bridgehead atoms. The number of unbranched alkanes of at least 4 members (excludes halogenated alkanes) is 1. The number of benzene rings is 2. The summed E-state index contributed by atoms with van der Waals surface area (Å²) >= 11 is 0. The van der Waals surface area contributed by atoms with Gasteiger partial charge in [-0.05, 0) is 48.2 Å². The minimum atomic E-state index is 0.869. The maximum atomic E-state index is 5.44. The lowest BCUT2D eigenvalue weighted by molar-refractivity contribution is 0.414. The summed E-state index contributed by atoms with van der Waals surface area (Å²) in [4.78, 5) is 0. The Hall–Kier alpha value is -1.74. The number of nitrogens with one attached hydrogen (secondary N) is 1. The molecule has 0 saturated carbocycles. The van der Waals surface area contributed by atoms with E-state index in [0.29, 0.717) is 0 Å². The highest BCUT2D eigenvalue weighted by Gasteiger charge is 2.07. The van der Waals surface area contributed by atoms with Crippen molar-refractivity contribution in [2.24, 2.45) is 0 Å². The van der Waals surface area contributed by atoms with Gasteiger partial charge in [-0.2, -0.15) is 0 Å². The van der Waals surface area contributed by atoms with Crippen molar-refractivity contribution < 1.29 is 9.47 Å². The first-order chi connectivity index (χ1) is 9.80. The Kier molecular flexibility index (Phi) is 5.24. The molecule has 2 rings (SSSR count). The van der Waals surface area contributed by atoms with E-state index in [1.54, 1.807) is 14.2 Å². The molecule has 0 radical (unpaired) electrons. The zero-order valence-corrected chi connectivity index (χ0v) is 12.5. The molecule has 0 aliphatic carbocycles. The van der Waals surface area contributed by atoms with Gasteiger partial charge in [0.25, 0.3) is 0 Å². The van der Waals surface area contributed by atoms with Crippen molar-refractivity contribution in [2.45, 2.75) is 26.3 Å². The second-order valence-corrected chi connectivity index (χ2v) is 4.87. The highest BCUT2D eigenvalue weighted by atomic mass is 16.5. The molecule has 0 heterocycles. The van der Waals surface area contributed by atoms with E-state index < -0.39 is 0 Å². The van der Waals surface area contributed by atoms with Crippen LogP contribution >= 0.6 is 0 Å². The van der Waals surface area contributed by atoms with Crippen molar-refractivity contribution in [3.63, 3.8) is 0 Å². The first-order valence-electron chi connectivity index (χ1n) is 7.14. The second kappa shape index (κ2) is 7.15. The molecule has 1 N–H and O–H groups in total. The maximum Gasteiger partial charge on any atom is 0.126 e. The smallest absolute Gasteiger partial charge is 0.126 e. The molecule has 0 fully saturated rings. The van der Waals surface area contributed by atoms with E-state index in [0.717, 1.165) is 30.0 Å². The van der Waals surface area contributed by atoms with Crippen LogP contribution in [0.3, 0.4) is 0 Å². The van der Waals surface area contributed by atoms with Gasteiger partial charge in [0, 0.05) is 11.9 Å². The third-order valence-electron chi connectivity index (χ3n) is 3.52. The van der Waals surface area contributed by atoms with Gasteiger partial charge in [0.15, 0.2) is 0 Å². The third-order valence-corrected chi connectivity index (χ3v) is 3.52. The molecule has 0 atom stereocenters. The molecule has 0 aliphatic rings. The largest absolute Gasteiger partial charge is 0.497 e. The quantitative estimate of drug-likeness (QED) is 0.779. The summed E-state index contributed by atoms with van der Waals surface area (Å²) in [7, 11) is 3.40. The Balaban J connectivity index is 2.33. The van der Waals surface area contributed by atoms with Crippen LogP contribution in [0.1, 0.15) is 25.3 Å². The molecule has 20 heavy (non-hydrogen) atoms. The van der Waals surface area contributed by atoms with Crippen LogP contribution in [0, 0.1) is 0 Å². The molecular formula is C17H23NO2. The lowest BCUT2D eigenvalue weighted by Crippen LogP contribution is -2.14. The van der Waals surface area contributed by atoms with Crippen LogP contribution < -0.4 is 14.8 Å². The molecule has 0 aromatic heterocycles. The zero-order valence-electron chi connectivity index (χ0n) is 12.5. The van der Waals surface area contributed by atoms with Crippen LogP contribution in [0.4, 0.5) is 0 Å². The minimum Gasteiger partial charge on any atom is -0.497 e. The zero-order chi connectivity index (χ0) is 14.4. The highest BCUT2D eigenvalue weighted by Crippen LogP contribution is 2.31. The summed E-state index contributed by atoms with van der Waals surface area (Å²) in [6.07, 6.45) is 2.42. The minimum absolute atomic E-state index is 0.869. The van der Waals surface area contributed by atoms with Gasteiger partial charge in [-0.3, -0.25) is 0 Å². The van der Waals surface area contributed by atoms with Crippen LogP contribution in [-0.4, -0.2) is 20.8 Å². The van der Waals surface area contributed by atoms with Crippen molar-refractivity contribution in [3.05, 3.63) is 35.9 Å². The van der Waals surface area contributed by atoms with E-state index in [1.165, 1.54) is 23.8 Å². The summed E-state index contributed by atoms with van der Waals surface area (Å²) in [5, 5.41) is 5.80. The van der Waals surface area contributed by atoms with Gasteiger partial charge < -0.3 is 14.8 Å². The Morgan fingerprint density at radius 3 is 2.55 bits per heavy atom. The van der Waals surface area contributed by atoms with E-state index in [4.69, 9.17) is 9.47 Å². The molecular weight excluding hydrogens is 250 g/mol. The van der Waals surface area contributed by atoms with E-state index in [9.17, 15) is 0 Å². The number of hydrogen-bond donors (Lipinski definition) is 1. The molecule has 0 unspecified atom stereocenters. The lowest BCUT2D eigenvalue weighted by atomic mass is 10.0. The van der Waals surface area contributed by atoms with Crippen molar-refractivity contribution in [3.8, 4) is 11.5 Å². The van der Waals surface area contributed by atoms with Crippen molar-refractivity contribution in [2.75, 3.05) is 20.8 Å². The summed E-state index contributed by atoms with van der Waals surface area (Å²) in [6.45, 7) is 4.12. The molecule has 3 heteroatoms. The molecule has 108 valence electrons. The Labute approximate surface area is 120 Å². The predicted molar refractivity (Wildman–Crippen MR) is 83.7 cm³/mol. The monoisotopic (exact) mass is 273 g/mol. The highest BCUT2D eigenvalue weighted by molar-refractivity contribution is 5.92. The molecule has 0 spiro atoms. The van der Waals surface area contributed by atoms with Crippen LogP contribution in [0.25, 0.3) is 10.8 Å². The van der Waals surface area contributed by atoms with Gasteiger partial charge in [0.2, 0.25) is 0 Å². The van der Waals surface area contributed by atoms with Crippen LogP contribution in [-0.2, 0) is 6.54 Å². The van der Waals surface area contributed by atoms with Gasteiger partial charge in [0.05, 0.1) is 14.2 Å². The normalized spacial score (nSPS) is 10.8. The van der Waals surface area contributed by atoms with E-state index >= 15 is 0 Å². The first kappa shape index (κ1) is 14.7. The molecule has 0 saturated heterocycles. The Morgan fingerprint density at radius 1 is 1.00 bits per heavy atom. The molecule has 3 nitrogen and oxygen atoms in total. The summed E-state index contributed by atoms with van der Waals surface area (Å²) in [6, 6.07) is 10.3. The average molecular weight is 273 g/mol. The molecule has 0 aliphatic heterocycles. The van der Waals surface area contributed by atoms with Gasteiger partial charge >= 0.3 is 0 Å². The lowest BCUT2D eigenvalue weighted by Gasteiger charge is -2.12. The summed E-state index contributed by atoms with van der Waals surface area (Å²) < 4.78 is 10.8. The number of methoxy groups -OCH3 is 2. The van der Waals surface area contributed by atoms with Gasteiger partial charge in [-0.25, -0.2) is 0 Å². The van der Waals surface area contributed by atoms with Gasteiger partial charge in [0.1, 0.15) is 11.5 Å².